The van der Waals surface area contributed by atoms with Crippen molar-refractivity contribution in [2.75, 3.05) is 0 Å². The lowest BCUT2D eigenvalue weighted by Gasteiger charge is -2.11. The fourth-order valence-corrected chi connectivity index (χ4v) is 2.75. The van der Waals surface area contributed by atoms with Gasteiger partial charge in [-0.15, -0.1) is 0 Å². The molecule has 1 aliphatic rings. The zero-order chi connectivity index (χ0) is 14.9. The Morgan fingerprint density at radius 2 is 1.86 bits per heavy atom. The minimum absolute atomic E-state index is 0.0925. The molecule has 2 aromatic carbocycles. The van der Waals surface area contributed by atoms with Crippen molar-refractivity contribution in [3.05, 3.63) is 78.4 Å². The van der Waals surface area contributed by atoms with Crippen LogP contribution in [0.15, 0.2) is 67.0 Å². The van der Waals surface area contributed by atoms with Crippen molar-refractivity contribution in [1.29, 1.82) is 0 Å². The number of para-hydroxylation sites is 2. The van der Waals surface area contributed by atoms with Crippen LogP contribution in [0.2, 0.25) is 0 Å². The van der Waals surface area contributed by atoms with E-state index in [2.05, 4.69) is 4.98 Å². The number of benzene rings is 2. The van der Waals surface area contributed by atoms with Gasteiger partial charge in [-0.2, -0.15) is 0 Å². The molecule has 3 aromatic rings. The van der Waals surface area contributed by atoms with Gasteiger partial charge in [0.25, 0.3) is 0 Å². The van der Waals surface area contributed by atoms with Crippen LogP contribution in [0.3, 0.4) is 0 Å². The minimum Gasteiger partial charge on any atom is -0.481 e. The molecule has 0 fully saturated rings. The Labute approximate surface area is 128 Å². The SMILES string of the molecule is O=C(c1nccn1-c1ccccc1)[C@H]1Cc2ccccc2O1. The molecular weight excluding hydrogens is 276 g/mol. The van der Waals surface area contributed by atoms with Crippen molar-refractivity contribution in [1.82, 2.24) is 9.55 Å². The molecule has 108 valence electrons. The number of nitrogens with zero attached hydrogens (tertiary/aromatic N) is 2. The number of aromatic nitrogens is 2. The van der Waals surface area contributed by atoms with Crippen molar-refractivity contribution in [3.8, 4) is 11.4 Å². The van der Waals surface area contributed by atoms with Gasteiger partial charge in [-0.25, -0.2) is 4.98 Å². The minimum atomic E-state index is -0.498. The molecule has 4 rings (SSSR count). The van der Waals surface area contributed by atoms with Crippen LogP contribution in [0.5, 0.6) is 5.75 Å². The Bertz CT molecular complexity index is 799. The van der Waals surface area contributed by atoms with E-state index in [1.807, 2.05) is 54.6 Å². The predicted octanol–water partition coefficient (Wildman–Crippen LogP) is 3.06. The van der Waals surface area contributed by atoms with E-state index in [9.17, 15) is 4.79 Å². The first-order chi connectivity index (χ1) is 10.8. The molecule has 1 aromatic heterocycles. The third kappa shape index (κ3) is 2.09. The van der Waals surface area contributed by atoms with Crippen LogP contribution in [0, 0.1) is 0 Å². The zero-order valence-electron chi connectivity index (χ0n) is 11.8. The van der Waals surface area contributed by atoms with Gasteiger partial charge in [0.2, 0.25) is 5.78 Å². The van der Waals surface area contributed by atoms with E-state index in [-0.39, 0.29) is 5.78 Å². The largest absolute Gasteiger partial charge is 0.481 e. The van der Waals surface area contributed by atoms with Crippen LogP contribution >= 0.6 is 0 Å². The summed E-state index contributed by atoms with van der Waals surface area (Å²) in [5, 5.41) is 0. The Morgan fingerprint density at radius 3 is 2.68 bits per heavy atom. The molecule has 0 unspecified atom stereocenters. The van der Waals surface area contributed by atoms with E-state index in [1.54, 1.807) is 17.0 Å². The van der Waals surface area contributed by atoms with E-state index < -0.39 is 6.10 Å². The summed E-state index contributed by atoms with van der Waals surface area (Å²) in [4.78, 5) is 17.0. The molecule has 0 amide bonds. The maximum Gasteiger partial charge on any atom is 0.239 e. The molecule has 0 radical (unpaired) electrons. The second kappa shape index (κ2) is 5.15. The Hall–Kier alpha value is -2.88. The van der Waals surface area contributed by atoms with Gasteiger partial charge in [-0.05, 0) is 23.8 Å². The quantitative estimate of drug-likeness (QED) is 0.696. The highest BCUT2D eigenvalue weighted by Gasteiger charge is 2.32. The Balaban J connectivity index is 1.65. The summed E-state index contributed by atoms with van der Waals surface area (Å²) < 4.78 is 7.58. The number of imidazole rings is 1. The molecule has 1 atom stereocenters. The van der Waals surface area contributed by atoms with Crippen LogP contribution in [0.4, 0.5) is 0 Å². The number of rotatable bonds is 3. The first kappa shape index (κ1) is 12.8. The van der Waals surface area contributed by atoms with Crippen LogP contribution in [-0.2, 0) is 6.42 Å². The first-order valence-corrected chi connectivity index (χ1v) is 7.20. The summed E-state index contributed by atoms with van der Waals surface area (Å²) in [5.74, 6) is 1.10. The number of Topliss-reactive ketones (excluding diaryl/α,β-unsaturated/α-hetero) is 1. The Morgan fingerprint density at radius 1 is 1.09 bits per heavy atom. The zero-order valence-corrected chi connectivity index (χ0v) is 11.8. The van der Waals surface area contributed by atoms with Gasteiger partial charge in [-0.3, -0.25) is 9.36 Å². The van der Waals surface area contributed by atoms with Gasteiger partial charge in [0.05, 0.1) is 0 Å². The summed E-state index contributed by atoms with van der Waals surface area (Å²) >= 11 is 0. The molecule has 0 saturated carbocycles. The molecule has 2 heterocycles. The third-order valence-electron chi connectivity index (χ3n) is 3.84. The highest BCUT2D eigenvalue weighted by atomic mass is 16.5. The lowest BCUT2D eigenvalue weighted by Crippen LogP contribution is -2.28. The second-order valence-corrected chi connectivity index (χ2v) is 5.24. The molecule has 0 saturated heterocycles. The average Bonchev–Trinajstić information content (AvgIpc) is 3.21. The Kier molecular flexibility index (Phi) is 3.00. The van der Waals surface area contributed by atoms with E-state index >= 15 is 0 Å². The van der Waals surface area contributed by atoms with Gasteiger partial charge in [-0.1, -0.05) is 36.4 Å². The maximum absolute atomic E-state index is 12.8. The van der Waals surface area contributed by atoms with Crippen molar-refractivity contribution < 1.29 is 9.53 Å². The molecule has 1 aliphatic heterocycles. The van der Waals surface area contributed by atoms with Crippen LogP contribution in [0.25, 0.3) is 5.69 Å². The number of carbonyl (C=O) groups is 1. The second-order valence-electron chi connectivity index (χ2n) is 5.24. The summed E-state index contributed by atoms with van der Waals surface area (Å²) in [5.41, 5.74) is 1.98. The fraction of sp³-hybridized carbons (Fsp3) is 0.111. The topological polar surface area (TPSA) is 44.1 Å². The number of hydrogen-bond donors (Lipinski definition) is 0. The van der Waals surface area contributed by atoms with Crippen LogP contribution in [-0.4, -0.2) is 21.4 Å². The van der Waals surface area contributed by atoms with E-state index in [1.165, 1.54) is 0 Å². The highest BCUT2D eigenvalue weighted by Crippen LogP contribution is 2.29. The van der Waals surface area contributed by atoms with Gasteiger partial charge >= 0.3 is 0 Å². The summed E-state index contributed by atoms with van der Waals surface area (Å²) in [7, 11) is 0. The van der Waals surface area contributed by atoms with E-state index in [4.69, 9.17) is 4.74 Å². The number of hydrogen-bond acceptors (Lipinski definition) is 3. The summed E-state index contributed by atoms with van der Waals surface area (Å²) in [6.07, 6.45) is 3.53. The lowest BCUT2D eigenvalue weighted by atomic mass is 10.1. The smallest absolute Gasteiger partial charge is 0.239 e. The third-order valence-corrected chi connectivity index (χ3v) is 3.84. The first-order valence-electron chi connectivity index (χ1n) is 7.20. The predicted molar refractivity (Wildman–Crippen MR) is 82.5 cm³/mol. The summed E-state index contributed by atoms with van der Waals surface area (Å²) in [6, 6.07) is 17.5. The number of ether oxygens (including phenoxy) is 1. The molecule has 0 bridgehead atoms. The molecule has 22 heavy (non-hydrogen) atoms. The van der Waals surface area contributed by atoms with Crippen molar-refractivity contribution in [2.45, 2.75) is 12.5 Å². The number of fused-ring (bicyclic) bond motifs is 1. The van der Waals surface area contributed by atoms with Gasteiger partial charge in [0.15, 0.2) is 11.9 Å². The normalized spacial score (nSPS) is 16.1. The van der Waals surface area contributed by atoms with Gasteiger partial charge in [0.1, 0.15) is 5.75 Å². The maximum atomic E-state index is 12.8. The van der Waals surface area contributed by atoms with Gasteiger partial charge in [0, 0.05) is 24.5 Å². The lowest BCUT2D eigenvalue weighted by molar-refractivity contribution is 0.0812. The van der Waals surface area contributed by atoms with Gasteiger partial charge < -0.3 is 4.74 Å². The van der Waals surface area contributed by atoms with Crippen molar-refractivity contribution in [2.24, 2.45) is 0 Å². The van der Waals surface area contributed by atoms with Crippen LogP contribution in [0.1, 0.15) is 16.2 Å². The molecule has 0 aliphatic carbocycles. The monoisotopic (exact) mass is 290 g/mol. The van der Waals surface area contributed by atoms with Crippen LogP contribution < -0.4 is 4.74 Å². The number of ketones is 1. The fourth-order valence-electron chi connectivity index (χ4n) is 2.75. The standard InChI is InChI=1S/C18H14N2O2/c21-17(16-12-13-6-4-5-9-15(13)22-16)18-19-10-11-20(18)14-7-2-1-3-8-14/h1-11,16H,12H2/t16-/m1/s1. The molecule has 0 N–H and O–H groups in total. The molecule has 4 nitrogen and oxygen atoms in total. The van der Waals surface area contributed by atoms with E-state index in [0.29, 0.717) is 12.2 Å². The number of carbonyl (C=O) groups excluding carboxylic acids is 1. The van der Waals surface area contributed by atoms with Crippen molar-refractivity contribution >= 4 is 5.78 Å². The summed E-state index contributed by atoms with van der Waals surface area (Å²) in [6.45, 7) is 0. The molecule has 4 heteroatoms. The highest BCUT2D eigenvalue weighted by molar-refractivity contribution is 5.98. The van der Waals surface area contributed by atoms with E-state index in [0.717, 1.165) is 17.0 Å². The average molecular weight is 290 g/mol. The molecular formula is C18H14N2O2. The van der Waals surface area contributed by atoms with Crippen molar-refractivity contribution in [3.63, 3.8) is 0 Å². The molecule has 0 spiro atoms.